The Hall–Kier alpha value is -1.77. The molecule has 1 saturated heterocycles. The van der Waals surface area contributed by atoms with E-state index in [1.807, 2.05) is 19.1 Å². The highest BCUT2D eigenvalue weighted by Gasteiger charge is 2.21. The summed E-state index contributed by atoms with van der Waals surface area (Å²) in [5.41, 5.74) is 2.68. The third-order valence-corrected chi connectivity index (χ3v) is 4.83. The van der Waals surface area contributed by atoms with Crippen molar-refractivity contribution < 1.29 is 0 Å². The van der Waals surface area contributed by atoms with E-state index < -0.39 is 0 Å². The summed E-state index contributed by atoms with van der Waals surface area (Å²) in [5.74, 6) is 0. The normalized spacial score (nSPS) is 15.1. The van der Waals surface area contributed by atoms with Gasteiger partial charge in [-0.2, -0.15) is 5.26 Å². The Labute approximate surface area is 133 Å². The number of thiazole rings is 1. The molecule has 1 aliphatic rings. The van der Waals surface area contributed by atoms with Gasteiger partial charge in [-0.25, -0.2) is 4.98 Å². The number of piperazine rings is 1. The van der Waals surface area contributed by atoms with Gasteiger partial charge < -0.3 is 9.80 Å². The zero-order valence-electron chi connectivity index (χ0n) is 11.7. The van der Waals surface area contributed by atoms with E-state index in [0.717, 1.165) is 42.7 Å². The lowest BCUT2D eigenvalue weighted by atomic mass is 10.1. The maximum Gasteiger partial charge on any atom is 0.185 e. The summed E-state index contributed by atoms with van der Waals surface area (Å²) in [7, 11) is 0. The number of rotatable bonds is 2. The van der Waals surface area contributed by atoms with Gasteiger partial charge in [0.05, 0.1) is 16.9 Å². The highest BCUT2D eigenvalue weighted by molar-refractivity contribution is 7.13. The van der Waals surface area contributed by atoms with Crippen LogP contribution < -0.4 is 9.80 Å². The molecule has 0 saturated carbocycles. The third-order valence-electron chi connectivity index (χ3n) is 3.58. The molecule has 1 aliphatic heterocycles. The fraction of sp³-hybridized carbons (Fsp3) is 0.333. The Morgan fingerprint density at radius 3 is 2.57 bits per heavy atom. The number of benzene rings is 1. The minimum atomic E-state index is 0.604. The molecule has 3 rings (SSSR count). The van der Waals surface area contributed by atoms with Crippen molar-refractivity contribution in [2.45, 2.75) is 6.92 Å². The standard InChI is InChI=1S/C15H15ClN4S/c1-11-10-21-15(18-11)20-6-4-19(5-7-20)14-3-2-13(16)8-12(14)9-17/h2-3,8,10H,4-7H2,1H3. The van der Waals surface area contributed by atoms with Crippen LogP contribution >= 0.6 is 22.9 Å². The molecule has 1 aromatic heterocycles. The molecule has 0 unspecified atom stereocenters. The van der Waals surface area contributed by atoms with Gasteiger partial charge in [0.2, 0.25) is 0 Å². The molecule has 2 aromatic rings. The van der Waals surface area contributed by atoms with Gasteiger partial charge in [-0.1, -0.05) is 11.6 Å². The first-order valence-corrected chi connectivity index (χ1v) is 8.05. The molecule has 0 amide bonds. The van der Waals surface area contributed by atoms with Crippen molar-refractivity contribution in [3.05, 3.63) is 39.9 Å². The number of halogens is 1. The summed E-state index contributed by atoms with van der Waals surface area (Å²) < 4.78 is 0. The van der Waals surface area contributed by atoms with E-state index in [9.17, 15) is 5.26 Å². The number of anilines is 2. The molecular formula is C15H15ClN4S. The number of nitriles is 1. The Morgan fingerprint density at radius 1 is 1.24 bits per heavy atom. The fourth-order valence-electron chi connectivity index (χ4n) is 2.50. The summed E-state index contributed by atoms with van der Waals surface area (Å²) in [6.45, 7) is 5.62. The van der Waals surface area contributed by atoms with Crippen LogP contribution in [0.15, 0.2) is 23.6 Å². The average Bonchev–Trinajstić information content (AvgIpc) is 2.94. The molecule has 21 heavy (non-hydrogen) atoms. The van der Waals surface area contributed by atoms with E-state index >= 15 is 0 Å². The summed E-state index contributed by atoms with van der Waals surface area (Å²) in [5, 5.41) is 13.0. The molecule has 0 spiro atoms. The first kappa shape index (κ1) is 14.2. The Kier molecular flexibility index (Phi) is 4.00. The van der Waals surface area contributed by atoms with Crippen LogP contribution in [0, 0.1) is 18.3 Å². The van der Waals surface area contributed by atoms with Gasteiger partial charge in [-0.05, 0) is 25.1 Å². The van der Waals surface area contributed by atoms with Crippen LogP contribution in [0.25, 0.3) is 0 Å². The van der Waals surface area contributed by atoms with E-state index in [2.05, 4.69) is 26.2 Å². The highest BCUT2D eigenvalue weighted by Crippen LogP contribution is 2.27. The van der Waals surface area contributed by atoms with Gasteiger partial charge in [0, 0.05) is 36.6 Å². The third kappa shape index (κ3) is 2.97. The quantitative estimate of drug-likeness (QED) is 0.852. The molecule has 0 radical (unpaired) electrons. The summed E-state index contributed by atoms with van der Waals surface area (Å²) in [4.78, 5) is 9.08. The molecule has 0 N–H and O–H groups in total. The van der Waals surface area contributed by atoms with Crippen LogP contribution in [0.4, 0.5) is 10.8 Å². The SMILES string of the molecule is Cc1csc(N2CCN(c3ccc(Cl)cc3C#N)CC2)n1. The van der Waals surface area contributed by atoms with E-state index in [-0.39, 0.29) is 0 Å². The summed E-state index contributed by atoms with van der Waals surface area (Å²) >= 11 is 7.64. The topological polar surface area (TPSA) is 43.2 Å². The maximum absolute atomic E-state index is 9.25. The average molecular weight is 319 g/mol. The Morgan fingerprint density at radius 2 is 1.95 bits per heavy atom. The second-order valence-corrected chi connectivity index (χ2v) is 6.29. The van der Waals surface area contributed by atoms with Gasteiger partial charge in [-0.15, -0.1) is 11.3 Å². The largest absolute Gasteiger partial charge is 0.367 e. The maximum atomic E-state index is 9.25. The molecule has 1 aromatic carbocycles. The van der Waals surface area contributed by atoms with Gasteiger partial charge >= 0.3 is 0 Å². The minimum absolute atomic E-state index is 0.604. The number of hydrogen-bond donors (Lipinski definition) is 0. The van der Waals surface area contributed by atoms with Crippen molar-refractivity contribution in [2.75, 3.05) is 36.0 Å². The van der Waals surface area contributed by atoms with Gasteiger partial charge in [0.15, 0.2) is 5.13 Å². The summed E-state index contributed by atoms with van der Waals surface area (Å²) in [6.07, 6.45) is 0. The minimum Gasteiger partial charge on any atom is -0.367 e. The molecule has 0 bridgehead atoms. The zero-order chi connectivity index (χ0) is 14.8. The molecule has 1 fully saturated rings. The van der Waals surface area contributed by atoms with Crippen LogP contribution in [0.2, 0.25) is 5.02 Å². The second kappa shape index (κ2) is 5.92. The lowest BCUT2D eigenvalue weighted by Crippen LogP contribution is -2.46. The van der Waals surface area contributed by atoms with E-state index in [4.69, 9.17) is 11.6 Å². The van der Waals surface area contributed by atoms with Crippen LogP contribution in [0.1, 0.15) is 11.3 Å². The van der Waals surface area contributed by atoms with Crippen LogP contribution in [0.5, 0.6) is 0 Å². The second-order valence-electron chi connectivity index (χ2n) is 5.02. The van der Waals surface area contributed by atoms with Crippen molar-refractivity contribution in [3.63, 3.8) is 0 Å². The van der Waals surface area contributed by atoms with E-state index in [0.29, 0.717) is 10.6 Å². The predicted molar refractivity (Wildman–Crippen MR) is 87.4 cm³/mol. The molecule has 108 valence electrons. The fourth-order valence-corrected chi connectivity index (χ4v) is 3.53. The van der Waals surface area contributed by atoms with Crippen molar-refractivity contribution in [1.29, 1.82) is 5.26 Å². The number of hydrogen-bond acceptors (Lipinski definition) is 5. The number of nitrogens with zero attached hydrogens (tertiary/aromatic N) is 4. The molecular weight excluding hydrogens is 304 g/mol. The molecule has 0 aliphatic carbocycles. The number of aromatic nitrogens is 1. The molecule has 0 atom stereocenters. The lowest BCUT2D eigenvalue weighted by Gasteiger charge is -2.36. The van der Waals surface area contributed by atoms with Crippen LogP contribution in [-0.2, 0) is 0 Å². The highest BCUT2D eigenvalue weighted by atomic mass is 35.5. The van der Waals surface area contributed by atoms with E-state index in [1.54, 1.807) is 17.4 Å². The van der Waals surface area contributed by atoms with Gasteiger partial charge in [-0.3, -0.25) is 0 Å². The van der Waals surface area contributed by atoms with Crippen molar-refractivity contribution in [3.8, 4) is 6.07 Å². The summed E-state index contributed by atoms with van der Waals surface area (Å²) in [6, 6.07) is 7.74. The Balaban J connectivity index is 1.73. The van der Waals surface area contributed by atoms with E-state index in [1.165, 1.54) is 0 Å². The first-order valence-electron chi connectivity index (χ1n) is 6.79. The van der Waals surface area contributed by atoms with Crippen LogP contribution in [0.3, 0.4) is 0 Å². The van der Waals surface area contributed by atoms with Crippen molar-refractivity contribution >= 4 is 33.8 Å². The van der Waals surface area contributed by atoms with Crippen LogP contribution in [-0.4, -0.2) is 31.2 Å². The molecule has 6 heteroatoms. The lowest BCUT2D eigenvalue weighted by molar-refractivity contribution is 0.651. The van der Waals surface area contributed by atoms with Gasteiger partial charge in [0.25, 0.3) is 0 Å². The predicted octanol–water partition coefficient (Wildman–Crippen LogP) is 3.30. The Bertz CT molecular complexity index is 683. The smallest absolute Gasteiger partial charge is 0.185 e. The van der Waals surface area contributed by atoms with Gasteiger partial charge in [0.1, 0.15) is 6.07 Å². The number of aryl methyl sites for hydroxylation is 1. The zero-order valence-corrected chi connectivity index (χ0v) is 13.3. The molecule has 4 nitrogen and oxygen atoms in total. The first-order chi connectivity index (χ1) is 10.2. The van der Waals surface area contributed by atoms with Crippen molar-refractivity contribution in [1.82, 2.24) is 4.98 Å². The monoisotopic (exact) mass is 318 g/mol. The molecule has 2 heterocycles. The van der Waals surface area contributed by atoms with Crippen molar-refractivity contribution in [2.24, 2.45) is 0 Å².